The van der Waals surface area contributed by atoms with Gasteiger partial charge in [0.1, 0.15) is 0 Å². The van der Waals surface area contributed by atoms with Gasteiger partial charge in [0, 0.05) is 20.0 Å². The molecule has 4 aliphatic rings. The van der Waals surface area contributed by atoms with Gasteiger partial charge in [-0.25, -0.2) is 0 Å². The second-order valence-corrected chi connectivity index (χ2v) is 9.37. The van der Waals surface area contributed by atoms with Crippen LogP contribution in [0.1, 0.15) is 43.4 Å². The summed E-state index contributed by atoms with van der Waals surface area (Å²) in [6, 6.07) is 9.28. The van der Waals surface area contributed by atoms with E-state index in [-0.39, 0.29) is 0 Å². The molecule has 2 heterocycles. The van der Waals surface area contributed by atoms with Crippen LogP contribution >= 0.6 is 22.7 Å². The third-order valence-corrected chi connectivity index (χ3v) is 8.33. The Morgan fingerprint density at radius 2 is 1.55 bits per heavy atom. The lowest BCUT2D eigenvalue weighted by molar-refractivity contribution is -0.00346. The third kappa shape index (κ3) is 1.70. The smallest absolute Gasteiger partial charge is 0.0445 e. The molecule has 20 heavy (non-hydrogen) atoms. The summed E-state index contributed by atoms with van der Waals surface area (Å²) in [6.45, 7) is 0. The topological polar surface area (TPSA) is 0 Å². The summed E-state index contributed by atoms with van der Waals surface area (Å²) in [5.41, 5.74) is 0.578. The van der Waals surface area contributed by atoms with Crippen LogP contribution in [0.2, 0.25) is 0 Å². The van der Waals surface area contributed by atoms with E-state index in [1.807, 2.05) is 11.3 Å². The summed E-state index contributed by atoms with van der Waals surface area (Å²) in [6.07, 6.45) is 9.10. The molecule has 0 nitrogen and oxygen atoms in total. The highest BCUT2D eigenvalue weighted by atomic mass is 32.1. The molecule has 4 bridgehead atoms. The standard InChI is InChI=1S/C18H20S2/c1-2-15(19-5-1)16-3-4-17(20-16)18-9-12-6-13(10-18)8-14(7-12)11-18/h1-5,12-14H,6-11H2. The van der Waals surface area contributed by atoms with Crippen LogP contribution in [0.15, 0.2) is 29.6 Å². The molecule has 0 spiro atoms. The molecule has 0 atom stereocenters. The maximum Gasteiger partial charge on any atom is 0.0445 e. The molecule has 2 heteroatoms. The van der Waals surface area contributed by atoms with Crippen molar-refractivity contribution in [2.45, 2.75) is 43.9 Å². The van der Waals surface area contributed by atoms with Crippen molar-refractivity contribution in [1.82, 2.24) is 0 Å². The molecule has 2 aromatic rings. The van der Waals surface area contributed by atoms with E-state index in [0.29, 0.717) is 5.41 Å². The van der Waals surface area contributed by atoms with E-state index >= 15 is 0 Å². The Bertz CT molecular complexity index is 584. The quantitative estimate of drug-likeness (QED) is 0.643. The van der Waals surface area contributed by atoms with Gasteiger partial charge >= 0.3 is 0 Å². The van der Waals surface area contributed by atoms with Crippen LogP contribution in [0.5, 0.6) is 0 Å². The Balaban J connectivity index is 1.54. The molecule has 104 valence electrons. The van der Waals surface area contributed by atoms with Gasteiger partial charge in [0.2, 0.25) is 0 Å². The highest BCUT2D eigenvalue weighted by molar-refractivity contribution is 7.21. The Morgan fingerprint density at radius 3 is 2.15 bits per heavy atom. The molecule has 0 amide bonds. The third-order valence-electron chi connectivity index (χ3n) is 5.93. The molecular formula is C18H20S2. The van der Waals surface area contributed by atoms with E-state index in [1.165, 1.54) is 29.0 Å². The number of hydrogen-bond donors (Lipinski definition) is 0. The fourth-order valence-corrected chi connectivity index (χ4v) is 7.65. The molecule has 0 unspecified atom stereocenters. The van der Waals surface area contributed by atoms with Crippen LogP contribution in [0, 0.1) is 17.8 Å². The first kappa shape index (κ1) is 12.0. The lowest BCUT2D eigenvalue weighted by Crippen LogP contribution is -2.48. The molecule has 6 rings (SSSR count). The molecule has 0 radical (unpaired) electrons. The predicted octanol–water partition coefficient (Wildman–Crippen LogP) is 5.94. The normalized spacial score (nSPS) is 38.5. The van der Waals surface area contributed by atoms with Gasteiger partial charge in [-0.3, -0.25) is 0 Å². The van der Waals surface area contributed by atoms with Crippen LogP contribution in [0.4, 0.5) is 0 Å². The van der Waals surface area contributed by atoms with Gasteiger partial charge in [-0.2, -0.15) is 0 Å². The fourth-order valence-electron chi connectivity index (χ4n) is 5.59. The lowest BCUT2D eigenvalue weighted by Gasteiger charge is -2.56. The molecule has 0 saturated heterocycles. The summed E-state index contributed by atoms with van der Waals surface area (Å²) >= 11 is 3.97. The van der Waals surface area contributed by atoms with E-state index in [0.717, 1.165) is 17.8 Å². The van der Waals surface area contributed by atoms with E-state index in [9.17, 15) is 0 Å². The van der Waals surface area contributed by atoms with Crippen molar-refractivity contribution in [2.75, 3.05) is 0 Å². The van der Waals surface area contributed by atoms with Crippen molar-refractivity contribution in [3.05, 3.63) is 34.5 Å². The van der Waals surface area contributed by atoms with Gasteiger partial charge in [-0.15, -0.1) is 22.7 Å². The Kier molecular flexibility index (Phi) is 2.52. The van der Waals surface area contributed by atoms with Gasteiger partial charge < -0.3 is 0 Å². The zero-order valence-corrected chi connectivity index (χ0v) is 13.3. The van der Waals surface area contributed by atoms with Gasteiger partial charge in [-0.1, -0.05) is 6.07 Å². The van der Waals surface area contributed by atoms with Crippen LogP contribution in [-0.4, -0.2) is 0 Å². The van der Waals surface area contributed by atoms with Crippen LogP contribution in [0.3, 0.4) is 0 Å². The highest BCUT2D eigenvalue weighted by Crippen LogP contribution is 2.61. The first-order chi connectivity index (χ1) is 9.81. The van der Waals surface area contributed by atoms with Gasteiger partial charge in [-0.05, 0) is 79.9 Å². The van der Waals surface area contributed by atoms with E-state index in [1.54, 1.807) is 24.1 Å². The number of rotatable bonds is 2. The summed E-state index contributed by atoms with van der Waals surface area (Å²) in [5, 5.41) is 2.19. The van der Waals surface area contributed by atoms with Crippen molar-refractivity contribution in [3.63, 3.8) is 0 Å². The maximum absolute atomic E-state index is 2.47. The summed E-state index contributed by atoms with van der Waals surface area (Å²) < 4.78 is 0. The minimum Gasteiger partial charge on any atom is -0.143 e. The number of hydrogen-bond acceptors (Lipinski definition) is 2. The van der Waals surface area contributed by atoms with Crippen molar-refractivity contribution in [2.24, 2.45) is 17.8 Å². The van der Waals surface area contributed by atoms with E-state index < -0.39 is 0 Å². The highest BCUT2D eigenvalue weighted by Gasteiger charge is 2.52. The summed E-state index contributed by atoms with van der Waals surface area (Å²) in [7, 11) is 0. The van der Waals surface area contributed by atoms with Crippen LogP contribution in [-0.2, 0) is 5.41 Å². The molecule has 4 saturated carbocycles. The van der Waals surface area contributed by atoms with Gasteiger partial charge in [0.05, 0.1) is 0 Å². The minimum absolute atomic E-state index is 0.578. The largest absolute Gasteiger partial charge is 0.143 e. The Hall–Kier alpha value is -0.600. The average Bonchev–Trinajstić information content (AvgIpc) is 3.09. The van der Waals surface area contributed by atoms with Gasteiger partial charge in [0.25, 0.3) is 0 Å². The fraction of sp³-hybridized carbons (Fsp3) is 0.556. The number of thiophene rings is 2. The van der Waals surface area contributed by atoms with Crippen LogP contribution in [0.25, 0.3) is 9.75 Å². The molecule has 0 aliphatic heterocycles. The minimum atomic E-state index is 0.578. The molecule has 4 fully saturated rings. The van der Waals surface area contributed by atoms with E-state index in [2.05, 4.69) is 41.0 Å². The zero-order valence-electron chi connectivity index (χ0n) is 11.7. The zero-order chi connectivity index (χ0) is 13.2. The Labute approximate surface area is 128 Å². The van der Waals surface area contributed by atoms with E-state index in [4.69, 9.17) is 0 Å². The maximum atomic E-state index is 2.47. The van der Waals surface area contributed by atoms with Crippen molar-refractivity contribution in [3.8, 4) is 9.75 Å². The first-order valence-electron chi connectivity index (χ1n) is 7.95. The first-order valence-corrected chi connectivity index (χ1v) is 9.65. The van der Waals surface area contributed by atoms with Crippen molar-refractivity contribution in [1.29, 1.82) is 0 Å². The average molecular weight is 300 g/mol. The Morgan fingerprint density at radius 1 is 0.850 bits per heavy atom. The van der Waals surface area contributed by atoms with Gasteiger partial charge in [0.15, 0.2) is 0 Å². The lowest BCUT2D eigenvalue weighted by atomic mass is 9.49. The van der Waals surface area contributed by atoms with Crippen molar-refractivity contribution >= 4 is 22.7 Å². The molecule has 2 aromatic heterocycles. The second-order valence-electron chi connectivity index (χ2n) is 7.34. The second kappa shape index (κ2) is 4.20. The molecule has 4 aliphatic carbocycles. The SMILES string of the molecule is c1csc(-c2ccc(C34CC5CC(CC(C5)C3)C4)s2)c1. The molecule has 0 N–H and O–H groups in total. The van der Waals surface area contributed by atoms with Crippen molar-refractivity contribution < 1.29 is 0 Å². The predicted molar refractivity (Wildman–Crippen MR) is 87.5 cm³/mol. The summed E-state index contributed by atoms with van der Waals surface area (Å²) in [5.74, 6) is 3.15. The van der Waals surface area contributed by atoms with Crippen LogP contribution < -0.4 is 0 Å². The molecule has 0 aromatic carbocycles. The summed E-state index contributed by atoms with van der Waals surface area (Å²) in [4.78, 5) is 4.65. The monoisotopic (exact) mass is 300 g/mol. The molecular weight excluding hydrogens is 280 g/mol.